The Morgan fingerprint density at radius 2 is 2.19 bits per heavy atom. The number of carbonyl (C=O) groups excluding carboxylic acids is 1. The van der Waals surface area contributed by atoms with E-state index in [4.69, 9.17) is 4.74 Å². The number of hydrogen-bond donors (Lipinski definition) is 2. The molecule has 0 bridgehead atoms. The van der Waals surface area contributed by atoms with Crippen LogP contribution in [0.1, 0.15) is 13.3 Å². The number of nitrogens with one attached hydrogen (secondary N) is 1. The molecule has 0 heterocycles. The summed E-state index contributed by atoms with van der Waals surface area (Å²) in [5.41, 5.74) is 0.635. The van der Waals surface area contributed by atoms with Crippen molar-refractivity contribution < 1.29 is 19.4 Å². The van der Waals surface area contributed by atoms with E-state index < -0.39 is 6.10 Å². The smallest absolute Gasteiger partial charge is 0.333 e. The van der Waals surface area contributed by atoms with E-state index in [9.17, 15) is 9.90 Å². The number of rotatable bonds is 8. The van der Waals surface area contributed by atoms with Gasteiger partial charge in [-0.3, -0.25) is 0 Å². The summed E-state index contributed by atoms with van der Waals surface area (Å²) in [7, 11) is 2.90. The Balaban J connectivity index is 3.84. The third-order valence-corrected chi connectivity index (χ3v) is 2.06. The van der Waals surface area contributed by atoms with Gasteiger partial charge in [-0.05, 0) is 6.42 Å². The third-order valence-electron chi connectivity index (χ3n) is 2.06. The van der Waals surface area contributed by atoms with E-state index >= 15 is 0 Å². The number of carbonyl (C=O) groups is 1. The van der Waals surface area contributed by atoms with Gasteiger partial charge in [0, 0.05) is 25.8 Å². The largest absolute Gasteiger partial charge is 0.466 e. The fourth-order valence-electron chi connectivity index (χ4n) is 1.20. The van der Waals surface area contributed by atoms with Crippen molar-refractivity contribution in [2.24, 2.45) is 0 Å². The highest BCUT2D eigenvalue weighted by molar-refractivity contribution is 5.88. The first kappa shape index (κ1) is 15.1. The summed E-state index contributed by atoms with van der Waals surface area (Å²) < 4.78 is 9.39. The Hall–Kier alpha value is -0.910. The number of hydrogen-bond acceptors (Lipinski definition) is 5. The van der Waals surface area contributed by atoms with E-state index in [1.807, 2.05) is 6.92 Å². The molecule has 5 nitrogen and oxygen atoms in total. The number of aliphatic hydroxyl groups is 1. The van der Waals surface area contributed by atoms with Crippen LogP contribution in [0, 0.1) is 0 Å². The fourth-order valence-corrected chi connectivity index (χ4v) is 1.20. The Morgan fingerprint density at radius 3 is 2.69 bits per heavy atom. The van der Waals surface area contributed by atoms with Crippen LogP contribution >= 0.6 is 0 Å². The van der Waals surface area contributed by atoms with Crippen LogP contribution in [0.5, 0.6) is 0 Å². The minimum absolute atomic E-state index is 0.300. The maximum Gasteiger partial charge on any atom is 0.333 e. The van der Waals surface area contributed by atoms with Crippen molar-refractivity contribution >= 4 is 5.97 Å². The molecule has 0 saturated heterocycles. The molecule has 1 atom stereocenters. The predicted octanol–water partition coefficient (Wildman–Crippen LogP) is 0.0927. The maximum absolute atomic E-state index is 11.2. The first-order chi connectivity index (χ1) is 7.65. The van der Waals surface area contributed by atoms with E-state index in [2.05, 4.69) is 10.1 Å². The van der Waals surface area contributed by atoms with E-state index in [0.717, 1.165) is 0 Å². The summed E-state index contributed by atoms with van der Waals surface area (Å²) in [6.07, 6.45) is 1.88. The highest BCUT2D eigenvalue weighted by atomic mass is 16.5. The van der Waals surface area contributed by atoms with Gasteiger partial charge in [0.15, 0.2) is 0 Å². The van der Waals surface area contributed by atoms with Gasteiger partial charge in [0.25, 0.3) is 0 Å². The van der Waals surface area contributed by atoms with Crippen molar-refractivity contribution in [3.8, 4) is 0 Å². The molecule has 0 spiro atoms. The summed E-state index contributed by atoms with van der Waals surface area (Å²) in [5, 5.41) is 12.3. The number of ether oxygens (including phenoxy) is 2. The van der Waals surface area contributed by atoms with Crippen molar-refractivity contribution in [2.45, 2.75) is 19.4 Å². The predicted molar refractivity (Wildman–Crippen MR) is 61.1 cm³/mol. The van der Waals surface area contributed by atoms with Crippen LogP contribution in [-0.2, 0) is 14.3 Å². The molecular weight excluding hydrogens is 210 g/mol. The molecule has 0 aromatic carbocycles. The first-order valence-corrected chi connectivity index (χ1v) is 5.30. The lowest BCUT2D eigenvalue weighted by Crippen LogP contribution is -2.30. The third kappa shape index (κ3) is 6.55. The van der Waals surface area contributed by atoms with Crippen LogP contribution in [0.3, 0.4) is 0 Å². The maximum atomic E-state index is 11.2. The molecule has 5 heteroatoms. The lowest BCUT2D eigenvalue weighted by molar-refractivity contribution is -0.136. The molecule has 0 rings (SSSR count). The second-order valence-electron chi connectivity index (χ2n) is 3.34. The monoisotopic (exact) mass is 231 g/mol. The van der Waals surface area contributed by atoms with E-state index in [1.165, 1.54) is 14.2 Å². The van der Waals surface area contributed by atoms with Gasteiger partial charge in [0.2, 0.25) is 0 Å². The average molecular weight is 231 g/mol. The van der Waals surface area contributed by atoms with Gasteiger partial charge in [-0.25, -0.2) is 4.79 Å². The molecule has 0 aromatic rings. The zero-order valence-corrected chi connectivity index (χ0v) is 10.2. The van der Waals surface area contributed by atoms with Crippen LogP contribution in [0.4, 0.5) is 0 Å². The fraction of sp³-hybridized carbons (Fsp3) is 0.727. The van der Waals surface area contributed by atoms with Crippen molar-refractivity contribution in [3.05, 3.63) is 11.6 Å². The van der Waals surface area contributed by atoms with Gasteiger partial charge in [0.1, 0.15) is 0 Å². The molecule has 0 aromatic heterocycles. The molecule has 1 unspecified atom stereocenters. The quantitative estimate of drug-likeness (QED) is 0.352. The molecule has 0 radical (unpaired) electrons. The van der Waals surface area contributed by atoms with E-state index in [1.54, 1.807) is 6.08 Å². The molecule has 0 aliphatic carbocycles. The first-order valence-electron chi connectivity index (χ1n) is 5.30. The molecule has 0 saturated carbocycles. The second kappa shape index (κ2) is 9.33. The molecule has 0 aliphatic heterocycles. The van der Waals surface area contributed by atoms with Crippen molar-refractivity contribution in [2.75, 3.05) is 33.9 Å². The Bertz CT molecular complexity index is 228. The van der Waals surface area contributed by atoms with Crippen LogP contribution in [0.15, 0.2) is 11.6 Å². The lowest BCUT2D eigenvalue weighted by Gasteiger charge is -2.09. The van der Waals surface area contributed by atoms with Gasteiger partial charge in [0.05, 0.1) is 19.8 Å². The van der Waals surface area contributed by atoms with E-state index in [0.29, 0.717) is 31.7 Å². The minimum Gasteiger partial charge on any atom is -0.466 e. The van der Waals surface area contributed by atoms with Crippen molar-refractivity contribution in [1.82, 2.24) is 5.32 Å². The van der Waals surface area contributed by atoms with Crippen molar-refractivity contribution in [1.29, 1.82) is 0 Å². The summed E-state index contributed by atoms with van der Waals surface area (Å²) in [6.45, 7) is 3.15. The summed E-state index contributed by atoms with van der Waals surface area (Å²) in [5.74, 6) is -0.304. The number of esters is 1. The molecule has 0 fully saturated rings. The van der Waals surface area contributed by atoms with Gasteiger partial charge in [-0.1, -0.05) is 13.0 Å². The summed E-state index contributed by atoms with van der Waals surface area (Å²) >= 11 is 0. The molecule has 94 valence electrons. The molecule has 2 N–H and O–H groups in total. The number of aliphatic hydroxyl groups excluding tert-OH is 1. The Morgan fingerprint density at radius 1 is 1.50 bits per heavy atom. The Kier molecular flexibility index (Phi) is 8.80. The molecule has 16 heavy (non-hydrogen) atoms. The molecule has 0 aliphatic rings. The van der Waals surface area contributed by atoms with Crippen LogP contribution in [-0.4, -0.2) is 51.1 Å². The zero-order chi connectivity index (χ0) is 12.4. The molecule has 0 amide bonds. The van der Waals surface area contributed by atoms with Crippen molar-refractivity contribution in [3.63, 3.8) is 0 Å². The highest BCUT2D eigenvalue weighted by Crippen LogP contribution is 2.01. The second-order valence-corrected chi connectivity index (χ2v) is 3.34. The highest BCUT2D eigenvalue weighted by Gasteiger charge is 2.06. The van der Waals surface area contributed by atoms with E-state index in [-0.39, 0.29) is 5.97 Å². The van der Waals surface area contributed by atoms with Crippen LogP contribution in [0.25, 0.3) is 0 Å². The lowest BCUT2D eigenvalue weighted by atomic mass is 10.2. The normalized spacial score (nSPS) is 13.6. The zero-order valence-electron chi connectivity index (χ0n) is 10.2. The van der Waals surface area contributed by atoms with Gasteiger partial charge < -0.3 is 19.9 Å². The minimum atomic E-state index is -0.526. The number of methoxy groups -OCH3 is 2. The van der Waals surface area contributed by atoms with Gasteiger partial charge in [-0.15, -0.1) is 0 Å². The Labute approximate surface area is 96.4 Å². The summed E-state index contributed by atoms with van der Waals surface area (Å²) in [4.78, 5) is 11.2. The standard InChI is InChI=1S/C11H21NO4/c1-4-9(11(14)16-3)5-6-12-7-10(13)8-15-2/h5,10,12-13H,4,6-8H2,1-3H3. The molecular formula is C11H21NO4. The van der Waals surface area contributed by atoms with Crippen LogP contribution in [0.2, 0.25) is 0 Å². The van der Waals surface area contributed by atoms with Crippen LogP contribution < -0.4 is 5.32 Å². The van der Waals surface area contributed by atoms with Gasteiger partial charge >= 0.3 is 5.97 Å². The summed E-state index contributed by atoms with van der Waals surface area (Å²) in [6, 6.07) is 0. The van der Waals surface area contributed by atoms with Gasteiger partial charge in [-0.2, -0.15) is 0 Å². The average Bonchev–Trinajstić information content (AvgIpc) is 2.28. The topological polar surface area (TPSA) is 67.8 Å². The SMILES string of the molecule is CCC(=CCNCC(O)COC)C(=O)OC.